The molecule has 4 nitrogen and oxygen atoms in total. The number of ether oxygens (including phenoxy) is 1. The van der Waals surface area contributed by atoms with Crippen LogP contribution in [0, 0.1) is 0 Å². The number of esters is 1. The van der Waals surface area contributed by atoms with Gasteiger partial charge in [-0.15, -0.1) is 0 Å². The molecule has 0 amide bonds. The van der Waals surface area contributed by atoms with E-state index in [1.807, 2.05) is 0 Å². The Morgan fingerprint density at radius 1 is 1.43 bits per heavy atom. The number of hydrogen-bond acceptors (Lipinski definition) is 3. The van der Waals surface area contributed by atoms with Crippen LogP contribution < -0.4 is 0 Å². The summed E-state index contributed by atoms with van der Waals surface area (Å²) in [6.07, 6.45) is 2.29. The van der Waals surface area contributed by atoms with Crippen LogP contribution in [0.1, 0.15) is 32.6 Å². The molecule has 1 unspecified atom stereocenters. The molecule has 0 heterocycles. The first-order valence-electron chi connectivity index (χ1n) is 4.60. The third-order valence-electron chi connectivity index (χ3n) is 1.66. The lowest BCUT2D eigenvalue weighted by molar-refractivity contribution is -0.143. The summed E-state index contributed by atoms with van der Waals surface area (Å²) in [4.78, 5) is 20.8. The topological polar surface area (TPSA) is 63.6 Å². The molecule has 0 spiro atoms. The lowest BCUT2D eigenvalue weighted by atomic mass is 10.1. The summed E-state index contributed by atoms with van der Waals surface area (Å²) >= 11 is 3.02. The van der Waals surface area contributed by atoms with Crippen LogP contribution >= 0.6 is 15.9 Å². The Labute approximate surface area is 91.8 Å². The third kappa shape index (κ3) is 6.88. The van der Waals surface area contributed by atoms with Crippen LogP contribution in [0.2, 0.25) is 0 Å². The van der Waals surface area contributed by atoms with E-state index < -0.39 is 10.8 Å². The molecular formula is C9H15BrO4. The summed E-state index contributed by atoms with van der Waals surface area (Å²) in [5.74, 6) is -1.07. The van der Waals surface area contributed by atoms with Gasteiger partial charge in [0.2, 0.25) is 0 Å². The number of rotatable bonds is 7. The number of alkyl halides is 1. The maximum atomic E-state index is 10.9. The summed E-state index contributed by atoms with van der Waals surface area (Å²) in [7, 11) is 0. The maximum absolute atomic E-state index is 10.9. The zero-order chi connectivity index (χ0) is 11.0. The Hall–Kier alpha value is -0.580. The van der Waals surface area contributed by atoms with Crippen molar-refractivity contribution in [1.29, 1.82) is 0 Å². The Bertz CT molecular complexity index is 193. The smallest absolute Gasteiger partial charge is 0.317 e. The van der Waals surface area contributed by atoms with Crippen LogP contribution in [0.3, 0.4) is 0 Å². The molecule has 5 heteroatoms. The molecular weight excluding hydrogens is 252 g/mol. The number of aliphatic carboxylic acids is 1. The highest BCUT2D eigenvalue weighted by atomic mass is 79.9. The van der Waals surface area contributed by atoms with Crippen molar-refractivity contribution < 1.29 is 19.4 Å². The zero-order valence-electron chi connectivity index (χ0n) is 8.16. The van der Waals surface area contributed by atoms with Gasteiger partial charge >= 0.3 is 11.9 Å². The molecule has 1 atom stereocenters. The number of unbranched alkanes of at least 4 members (excludes halogenated alkanes) is 1. The number of carbonyl (C=O) groups is 2. The van der Waals surface area contributed by atoms with Gasteiger partial charge < -0.3 is 9.84 Å². The van der Waals surface area contributed by atoms with E-state index >= 15 is 0 Å². The molecule has 0 aromatic carbocycles. The molecule has 14 heavy (non-hydrogen) atoms. The molecule has 1 N–H and O–H groups in total. The van der Waals surface area contributed by atoms with Gasteiger partial charge in [-0.25, -0.2) is 0 Å². The van der Waals surface area contributed by atoms with Crippen molar-refractivity contribution in [1.82, 2.24) is 0 Å². The Morgan fingerprint density at radius 2 is 2.07 bits per heavy atom. The average Bonchev–Trinajstić information content (AvgIpc) is 2.12. The zero-order valence-corrected chi connectivity index (χ0v) is 9.75. The summed E-state index contributed by atoms with van der Waals surface area (Å²) < 4.78 is 4.73. The van der Waals surface area contributed by atoms with Gasteiger partial charge in [0.05, 0.1) is 6.61 Å². The van der Waals surface area contributed by atoms with Gasteiger partial charge in [0.1, 0.15) is 4.83 Å². The number of carboxylic acid groups (broad SMARTS) is 1. The van der Waals surface area contributed by atoms with E-state index in [0.29, 0.717) is 32.3 Å². The van der Waals surface area contributed by atoms with Crippen LogP contribution in [0.4, 0.5) is 0 Å². The minimum Gasteiger partial charge on any atom is -0.480 e. The second-order valence-corrected chi connectivity index (χ2v) is 3.96. The summed E-state index contributed by atoms with van der Waals surface area (Å²) in [6.45, 7) is 2.16. The van der Waals surface area contributed by atoms with Gasteiger partial charge in [-0.3, -0.25) is 9.59 Å². The Balaban J connectivity index is 3.37. The molecule has 0 aliphatic heterocycles. The first-order chi connectivity index (χ1) is 6.57. The van der Waals surface area contributed by atoms with E-state index in [1.165, 1.54) is 0 Å². The second kappa shape index (κ2) is 7.79. The highest BCUT2D eigenvalue weighted by Crippen LogP contribution is 2.11. The lowest BCUT2D eigenvalue weighted by Gasteiger charge is -2.04. The summed E-state index contributed by atoms with van der Waals surface area (Å²) in [5, 5.41) is 8.54. The average molecular weight is 267 g/mol. The molecule has 0 saturated carbocycles. The van der Waals surface area contributed by atoms with Crippen molar-refractivity contribution in [3.63, 3.8) is 0 Å². The van der Waals surface area contributed by atoms with Gasteiger partial charge in [0.25, 0.3) is 0 Å². The maximum Gasteiger partial charge on any atom is 0.317 e. The van der Waals surface area contributed by atoms with Crippen LogP contribution in [-0.2, 0) is 14.3 Å². The number of hydrogen-bond donors (Lipinski definition) is 1. The van der Waals surface area contributed by atoms with Crippen molar-refractivity contribution in [3.05, 3.63) is 0 Å². The van der Waals surface area contributed by atoms with E-state index in [9.17, 15) is 9.59 Å². The molecule has 0 saturated heterocycles. The molecule has 0 aliphatic rings. The number of halogens is 1. The fraction of sp³-hybridized carbons (Fsp3) is 0.778. The van der Waals surface area contributed by atoms with Gasteiger partial charge in [0.15, 0.2) is 0 Å². The molecule has 0 fully saturated rings. The van der Waals surface area contributed by atoms with E-state index in [4.69, 9.17) is 9.84 Å². The molecule has 0 rings (SSSR count). The first-order valence-corrected chi connectivity index (χ1v) is 5.52. The van der Waals surface area contributed by atoms with Crippen LogP contribution in [0.5, 0.6) is 0 Å². The van der Waals surface area contributed by atoms with Crippen molar-refractivity contribution >= 4 is 27.9 Å². The molecule has 0 radical (unpaired) electrons. The lowest BCUT2D eigenvalue weighted by Crippen LogP contribution is -2.12. The van der Waals surface area contributed by atoms with Crippen LogP contribution in [0.25, 0.3) is 0 Å². The van der Waals surface area contributed by atoms with Gasteiger partial charge in [-0.05, 0) is 19.8 Å². The first kappa shape index (κ1) is 13.4. The predicted molar refractivity (Wildman–Crippen MR) is 55.5 cm³/mol. The minimum atomic E-state index is -0.860. The normalized spacial score (nSPS) is 12.1. The Morgan fingerprint density at radius 3 is 2.57 bits per heavy atom. The standard InChI is InChI=1S/C9H15BrO4/c1-2-14-8(11)6-4-3-5-7(10)9(12)13/h7H,2-6H2,1H3,(H,12,13). The fourth-order valence-corrected chi connectivity index (χ4v) is 1.27. The quantitative estimate of drug-likeness (QED) is 0.435. The van der Waals surface area contributed by atoms with E-state index in [1.54, 1.807) is 6.92 Å². The highest BCUT2D eigenvalue weighted by Gasteiger charge is 2.12. The largest absolute Gasteiger partial charge is 0.480 e. The summed E-state index contributed by atoms with van der Waals surface area (Å²) in [5.41, 5.74) is 0. The van der Waals surface area contributed by atoms with E-state index in [0.717, 1.165) is 0 Å². The SMILES string of the molecule is CCOC(=O)CCCCC(Br)C(=O)O. The molecule has 82 valence electrons. The van der Waals surface area contributed by atoms with Crippen molar-refractivity contribution in [2.24, 2.45) is 0 Å². The molecule has 0 aliphatic carbocycles. The van der Waals surface area contributed by atoms with E-state index in [-0.39, 0.29) is 5.97 Å². The van der Waals surface area contributed by atoms with Crippen molar-refractivity contribution in [2.45, 2.75) is 37.4 Å². The highest BCUT2D eigenvalue weighted by molar-refractivity contribution is 9.10. The monoisotopic (exact) mass is 266 g/mol. The van der Waals surface area contributed by atoms with Crippen LogP contribution in [-0.4, -0.2) is 28.5 Å². The van der Waals surface area contributed by atoms with Crippen LogP contribution in [0.15, 0.2) is 0 Å². The van der Waals surface area contributed by atoms with Gasteiger partial charge in [-0.1, -0.05) is 22.4 Å². The van der Waals surface area contributed by atoms with E-state index in [2.05, 4.69) is 15.9 Å². The predicted octanol–water partition coefficient (Wildman–Crippen LogP) is 1.96. The minimum absolute atomic E-state index is 0.214. The van der Waals surface area contributed by atoms with Crippen molar-refractivity contribution in [3.8, 4) is 0 Å². The second-order valence-electron chi connectivity index (χ2n) is 2.86. The fourth-order valence-electron chi connectivity index (χ4n) is 0.950. The Kier molecular flexibility index (Phi) is 7.47. The van der Waals surface area contributed by atoms with Gasteiger partial charge in [0, 0.05) is 6.42 Å². The number of carbonyl (C=O) groups excluding carboxylic acids is 1. The summed E-state index contributed by atoms with van der Waals surface area (Å²) in [6, 6.07) is 0. The van der Waals surface area contributed by atoms with Gasteiger partial charge in [-0.2, -0.15) is 0 Å². The molecule has 0 bridgehead atoms. The van der Waals surface area contributed by atoms with Crippen molar-refractivity contribution in [2.75, 3.05) is 6.61 Å². The molecule has 0 aromatic heterocycles. The molecule has 0 aromatic rings. The third-order valence-corrected chi connectivity index (χ3v) is 2.51. The number of carboxylic acids is 1.